The van der Waals surface area contributed by atoms with E-state index in [4.69, 9.17) is 0 Å². The monoisotopic (exact) mass is 395 g/mol. The minimum absolute atomic E-state index is 0. The molecular formula is C19H27ClFN5O. The Hall–Kier alpha value is -1.99. The van der Waals surface area contributed by atoms with Crippen molar-refractivity contribution in [2.24, 2.45) is 13.0 Å². The zero-order chi connectivity index (χ0) is 18.5. The van der Waals surface area contributed by atoms with Gasteiger partial charge in [0.15, 0.2) is 5.82 Å². The fourth-order valence-corrected chi connectivity index (χ4v) is 3.21. The van der Waals surface area contributed by atoms with Crippen LogP contribution < -0.4 is 10.6 Å². The van der Waals surface area contributed by atoms with E-state index in [0.717, 1.165) is 37.3 Å². The second-order valence-corrected chi connectivity index (χ2v) is 7.00. The van der Waals surface area contributed by atoms with Gasteiger partial charge in [0.2, 0.25) is 11.9 Å². The van der Waals surface area contributed by atoms with Crippen LogP contribution in [-0.4, -0.2) is 33.8 Å². The lowest BCUT2D eigenvalue weighted by Crippen LogP contribution is -2.27. The molecule has 8 heteroatoms. The van der Waals surface area contributed by atoms with Crippen LogP contribution in [-0.2, 0) is 18.3 Å². The number of carbonyl (C=O) groups excluding carboxylic acids is 1. The highest BCUT2D eigenvalue weighted by Gasteiger charge is 2.22. The number of aryl methyl sites for hydroxylation is 2. The van der Waals surface area contributed by atoms with Crippen LogP contribution in [0.4, 0.5) is 10.3 Å². The summed E-state index contributed by atoms with van der Waals surface area (Å²) in [6, 6.07) is 6.51. The van der Waals surface area contributed by atoms with E-state index in [2.05, 4.69) is 20.7 Å². The van der Waals surface area contributed by atoms with Crippen LogP contribution in [0.2, 0.25) is 0 Å². The third-order valence-electron chi connectivity index (χ3n) is 4.92. The molecule has 1 aliphatic heterocycles. The van der Waals surface area contributed by atoms with Crippen molar-refractivity contribution in [3.63, 3.8) is 0 Å². The lowest BCUT2D eigenvalue weighted by atomic mass is 9.98. The molecular weight excluding hydrogens is 369 g/mol. The van der Waals surface area contributed by atoms with E-state index in [1.54, 1.807) is 17.8 Å². The van der Waals surface area contributed by atoms with Crippen LogP contribution in [0.25, 0.3) is 0 Å². The number of nitrogens with one attached hydrogen (secondary N) is 2. The predicted octanol–water partition coefficient (Wildman–Crippen LogP) is 3.05. The molecule has 1 amide bonds. The molecule has 0 spiro atoms. The van der Waals surface area contributed by atoms with Gasteiger partial charge in [0.05, 0.1) is 0 Å². The molecule has 1 unspecified atom stereocenters. The predicted molar refractivity (Wildman–Crippen MR) is 106 cm³/mol. The van der Waals surface area contributed by atoms with Crippen molar-refractivity contribution in [3.8, 4) is 0 Å². The molecule has 1 aromatic heterocycles. The molecule has 1 aromatic carbocycles. The quantitative estimate of drug-likeness (QED) is 0.788. The van der Waals surface area contributed by atoms with Crippen molar-refractivity contribution in [2.45, 2.75) is 38.5 Å². The molecule has 27 heavy (non-hydrogen) atoms. The number of amides is 1. The van der Waals surface area contributed by atoms with Crippen LogP contribution in [0.15, 0.2) is 24.3 Å². The number of nitrogens with zero attached hydrogens (tertiary/aromatic N) is 3. The first-order valence-corrected chi connectivity index (χ1v) is 9.20. The van der Waals surface area contributed by atoms with E-state index in [-0.39, 0.29) is 30.0 Å². The van der Waals surface area contributed by atoms with Gasteiger partial charge in [-0.05, 0) is 56.5 Å². The minimum atomic E-state index is -0.246. The maximum absolute atomic E-state index is 13.2. The van der Waals surface area contributed by atoms with Crippen LogP contribution in [0.5, 0.6) is 0 Å². The van der Waals surface area contributed by atoms with Gasteiger partial charge in [-0.3, -0.25) is 10.1 Å². The van der Waals surface area contributed by atoms with Gasteiger partial charge in [-0.2, -0.15) is 10.1 Å². The largest absolute Gasteiger partial charge is 0.317 e. The van der Waals surface area contributed by atoms with Crippen LogP contribution in [0.1, 0.15) is 43.5 Å². The Balaban J connectivity index is 0.00000261. The van der Waals surface area contributed by atoms with E-state index in [0.29, 0.717) is 24.7 Å². The van der Waals surface area contributed by atoms with Gasteiger partial charge in [0.25, 0.3) is 0 Å². The SMILES string of the molecule is CC(CCc1cccc(F)c1)C(=O)Nc1nc(C2CCNCC2)nn1C.Cl. The van der Waals surface area contributed by atoms with Crippen molar-refractivity contribution < 1.29 is 9.18 Å². The van der Waals surface area contributed by atoms with Crippen LogP contribution >= 0.6 is 12.4 Å². The summed E-state index contributed by atoms with van der Waals surface area (Å²) in [4.78, 5) is 17.0. The number of hydrogen-bond donors (Lipinski definition) is 2. The molecule has 1 fully saturated rings. The lowest BCUT2D eigenvalue weighted by molar-refractivity contribution is -0.119. The third kappa shape index (κ3) is 5.74. The van der Waals surface area contributed by atoms with E-state index < -0.39 is 0 Å². The normalized spacial score (nSPS) is 15.8. The van der Waals surface area contributed by atoms with Crippen molar-refractivity contribution in [1.29, 1.82) is 0 Å². The van der Waals surface area contributed by atoms with Crippen molar-refractivity contribution in [2.75, 3.05) is 18.4 Å². The van der Waals surface area contributed by atoms with E-state index in [9.17, 15) is 9.18 Å². The number of piperidine rings is 1. The number of aromatic nitrogens is 3. The average Bonchev–Trinajstić information content (AvgIpc) is 3.01. The van der Waals surface area contributed by atoms with Gasteiger partial charge in [0.1, 0.15) is 5.82 Å². The first-order valence-electron chi connectivity index (χ1n) is 9.20. The summed E-state index contributed by atoms with van der Waals surface area (Å²) in [5, 5.41) is 10.7. The Morgan fingerprint density at radius 3 is 2.85 bits per heavy atom. The molecule has 0 aliphatic carbocycles. The number of carbonyl (C=O) groups is 1. The average molecular weight is 396 g/mol. The Bertz CT molecular complexity index is 760. The summed E-state index contributed by atoms with van der Waals surface area (Å²) >= 11 is 0. The maximum atomic E-state index is 13.2. The van der Waals surface area contributed by atoms with E-state index >= 15 is 0 Å². The molecule has 1 saturated heterocycles. The Kier molecular flexibility index (Phi) is 7.74. The number of rotatable bonds is 6. The molecule has 0 bridgehead atoms. The number of hydrogen-bond acceptors (Lipinski definition) is 4. The molecule has 1 atom stereocenters. The first kappa shape index (κ1) is 21.3. The summed E-state index contributed by atoms with van der Waals surface area (Å²) in [5.74, 6) is 1.10. The summed E-state index contributed by atoms with van der Waals surface area (Å²) in [6.45, 7) is 3.82. The molecule has 6 nitrogen and oxygen atoms in total. The standard InChI is InChI=1S/C19H26FN5O.ClH/c1-13(6-7-14-4-3-5-16(20)12-14)18(26)23-19-22-17(24-25(19)2)15-8-10-21-11-9-15;/h3-5,12-13,15,21H,6-11H2,1-2H3,(H,22,23,24,26);1H. The highest BCUT2D eigenvalue weighted by Crippen LogP contribution is 2.23. The molecule has 2 heterocycles. The second kappa shape index (κ2) is 9.80. The van der Waals surface area contributed by atoms with Crippen molar-refractivity contribution in [3.05, 3.63) is 41.5 Å². The summed E-state index contributed by atoms with van der Waals surface area (Å²) in [6.07, 6.45) is 3.34. The Labute approximate surface area is 165 Å². The number of anilines is 1. The van der Waals surface area contributed by atoms with Gasteiger partial charge in [0, 0.05) is 18.9 Å². The first-order chi connectivity index (χ1) is 12.5. The van der Waals surface area contributed by atoms with Crippen LogP contribution in [0.3, 0.4) is 0 Å². The minimum Gasteiger partial charge on any atom is -0.317 e. The maximum Gasteiger partial charge on any atom is 0.229 e. The van der Waals surface area contributed by atoms with E-state index in [1.165, 1.54) is 12.1 Å². The number of halogens is 2. The van der Waals surface area contributed by atoms with Crippen molar-refractivity contribution in [1.82, 2.24) is 20.1 Å². The van der Waals surface area contributed by atoms with Crippen LogP contribution in [0, 0.1) is 11.7 Å². The molecule has 3 rings (SSSR count). The summed E-state index contributed by atoms with van der Waals surface area (Å²) < 4.78 is 14.9. The topological polar surface area (TPSA) is 71.8 Å². The molecule has 2 N–H and O–H groups in total. The smallest absolute Gasteiger partial charge is 0.229 e. The molecule has 148 valence electrons. The van der Waals surface area contributed by atoms with Gasteiger partial charge < -0.3 is 5.32 Å². The van der Waals surface area contributed by atoms with Crippen molar-refractivity contribution >= 4 is 24.3 Å². The number of benzene rings is 1. The fourth-order valence-electron chi connectivity index (χ4n) is 3.21. The molecule has 0 saturated carbocycles. The molecule has 2 aromatic rings. The fraction of sp³-hybridized carbons (Fsp3) is 0.526. The zero-order valence-electron chi connectivity index (χ0n) is 15.7. The van der Waals surface area contributed by atoms with Gasteiger partial charge in [-0.1, -0.05) is 19.1 Å². The summed E-state index contributed by atoms with van der Waals surface area (Å²) in [7, 11) is 1.80. The molecule has 0 radical (unpaired) electrons. The van der Waals surface area contributed by atoms with E-state index in [1.807, 2.05) is 13.0 Å². The van der Waals surface area contributed by atoms with Gasteiger partial charge in [-0.15, -0.1) is 12.4 Å². The third-order valence-corrected chi connectivity index (χ3v) is 4.92. The summed E-state index contributed by atoms with van der Waals surface area (Å²) in [5.41, 5.74) is 0.900. The lowest BCUT2D eigenvalue weighted by Gasteiger charge is -2.19. The Morgan fingerprint density at radius 2 is 2.15 bits per heavy atom. The van der Waals surface area contributed by atoms with Gasteiger partial charge >= 0.3 is 0 Å². The Morgan fingerprint density at radius 1 is 1.41 bits per heavy atom. The zero-order valence-corrected chi connectivity index (χ0v) is 16.6. The highest BCUT2D eigenvalue weighted by molar-refractivity contribution is 5.90. The molecule has 1 aliphatic rings. The van der Waals surface area contributed by atoms with Gasteiger partial charge in [-0.25, -0.2) is 9.07 Å². The highest BCUT2D eigenvalue weighted by atomic mass is 35.5. The second-order valence-electron chi connectivity index (χ2n) is 7.00.